The van der Waals surface area contributed by atoms with Crippen LogP contribution in [-0.4, -0.2) is 11.0 Å². The Morgan fingerprint density at radius 3 is 2.24 bits per heavy atom. The topological polar surface area (TPSA) is 24.9 Å². The van der Waals surface area contributed by atoms with E-state index in [4.69, 9.17) is 0 Å². The number of thiazole rings is 1. The van der Waals surface area contributed by atoms with E-state index in [1.807, 2.05) is 27.7 Å². The summed E-state index contributed by atoms with van der Waals surface area (Å²) in [6, 6.07) is 0.153. The summed E-state index contributed by atoms with van der Waals surface area (Å²) in [6.07, 6.45) is -4.36. The summed E-state index contributed by atoms with van der Waals surface area (Å²) in [7, 11) is 0. The lowest BCUT2D eigenvalue weighted by Gasteiger charge is -2.09. The summed E-state index contributed by atoms with van der Waals surface area (Å²) in [5.74, 6) is 0.0221. The molecule has 0 atom stereocenters. The molecule has 0 aromatic carbocycles. The summed E-state index contributed by atoms with van der Waals surface area (Å²) in [5.41, 5.74) is -0.737. The van der Waals surface area contributed by atoms with Crippen LogP contribution >= 0.6 is 11.3 Å². The third kappa shape index (κ3) is 3.96. The van der Waals surface area contributed by atoms with E-state index in [0.717, 1.165) is 11.3 Å². The Hall–Kier alpha value is -0.620. The normalized spacial score (nSPS) is 12.8. The molecule has 1 heterocycles. The maximum absolute atomic E-state index is 12.8. The third-order valence-electron chi connectivity index (χ3n) is 2.15. The van der Waals surface area contributed by atoms with Gasteiger partial charge in [0.15, 0.2) is 5.69 Å². The van der Waals surface area contributed by atoms with Crippen molar-refractivity contribution < 1.29 is 13.2 Å². The van der Waals surface area contributed by atoms with E-state index in [0.29, 0.717) is 5.01 Å². The van der Waals surface area contributed by atoms with Crippen LogP contribution in [0.5, 0.6) is 0 Å². The number of halogens is 3. The second-order valence-corrected chi connectivity index (χ2v) is 5.63. The van der Waals surface area contributed by atoms with Crippen molar-refractivity contribution >= 4 is 11.3 Å². The lowest BCUT2D eigenvalue weighted by molar-refractivity contribution is -0.141. The highest BCUT2D eigenvalue weighted by Gasteiger charge is 2.37. The maximum Gasteiger partial charge on any atom is 0.434 e. The molecule has 0 bridgehead atoms. The standard InChI is InChI=1S/C11H17F3N2S/c1-6(2)10-16-9(11(12,13)14)8(17-10)5-15-7(3)4/h6-7,15H,5H2,1-4H3. The van der Waals surface area contributed by atoms with E-state index < -0.39 is 11.9 Å². The lowest BCUT2D eigenvalue weighted by Crippen LogP contribution is -2.23. The van der Waals surface area contributed by atoms with Crippen molar-refractivity contribution in [1.82, 2.24) is 10.3 Å². The highest BCUT2D eigenvalue weighted by molar-refractivity contribution is 7.11. The Morgan fingerprint density at radius 1 is 1.24 bits per heavy atom. The molecule has 0 aliphatic carbocycles. The molecule has 0 aliphatic rings. The molecule has 0 spiro atoms. The zero-order valence-electron chi connectivity index (χ0n) is 10.4. The van der Waals surface area contributed by atoms with Gasteiger partial charge in [0.05, 0.1) is 9.88 Å². The fraction of sp³-hybridized carbons (Fsp3) is 0.727. The number of nitrogens with zero attached hydrogens (tertiary/aromatic N) is 1. The van der Waals surface area contributed by atoms with Crippen LogP contribution in [0.4, 0.5) is 13.2 Å². The second-order valence-electron chi connectivity index (χ2n) is 4.51. The first-order chi connectivity index (χ1) is 7.71. The summed E-state index contributed by atoms with van der Waals surface area (Å²) in [4.78, 5) is 3.99. The molecule has 98 valence electrons. The predicted octanol–water partition coefficient (Wildman–Crippen LogP) is 3.78. The van der Waals surface area contributed by atoms with Crippen LogP contribution in [0.2, 0.25) is 0 Å². The highest BCUT2D eigenvalue weighted by Crippen LogP contribution is 2.36. The summed E-state index contributed by atoms with van der Waals surface area (Å²) < 4.78 is 38.3. The van der Waals surface area contributed by atoms with Gasteiger partial charge in [-0.05, 0) is 0 Å². The largest absolute Gasteiger partial charge is 0.434 e. The first-order valence-corrected chi connectivity index (χ1v) is 6.33. The van der Waals surface area contributed by atoms with Crippen molar-refractivity contribution in [3.05, 3.63) is 15.6 Å². The van der Waals surface area contributed by atoms with E-state index in [-0.39, 0.29) is 23.4 Å². The lowest BCUT2D eigenvalue weighted by atomic mass is 10.2. The van der Waals surface area contributed by atoms with Gasteiger partial charge in [0, 0.05) is 18.5 Å². The minimum atomic E-state index is -4.36. The molecule has 2 nitrogen and oxygen atoms in total. The van der Waals surface area contributed by atoms with Gasteiger partial charge < -0.3 is 5.32 Å². The van der Waals surface area contributed by atoms with Crippen LogP contribution < -0.4 is 5.32 Å². The van der Waals surface area contributed by atoms with E-state index in [1.54, 1.807) is 0 Å². The fourth-order valence-electron chi connectivity index (χ4n) is 1.25. The fourth-order valence-corrected chi connectivity index (χ4v) is 2.29. The van der Waals surface area contributed by atoms with Gasteiger partial charge in [-0.1, -0.05) is 27.7 Å². The molecule has 1 rings (SSSR count). The zero-order valence-corrected chi connectivity index (χ0v) is 11.2. The Bertz CT molecular complexity index is 369. The summed E-state index contributed by atoms with van der Waals surface area (Å²) in [5, 5.41) is 3.54. The van der Waals surface area contributed by atoms with Gasteiger partial charge in [-0.15, -0.1) is 11.3 Å². The van der Waals surface area contributed by atoms with Crippen molar-refractivity contribution in [1.29, 1.82) is 0 Å². The SMILES string of the molecule is CC(C)NCc1sc(C(C)C)nc1C(F)(F)F. The minimum absolute atomic E-state index is 0.0221. The number of hydrogen-bond donors (Lipinski definition) is 1. The van der Waals surface area contributed by atoms with Gasteiger partial charge in [-0.2, -0.15) is 13.2 Å². The van der Waals surface area contributed by atoms with Crippen molar-refractivity contribution in [3.63, 3.8) is 0 Å². The molecule has 0 aliphatic heterocycles. The van der Waals surface area contributed by atoms with Crippen molar-refractivity contribution in [3.8, 4) is 0 Å². The Morgan fingerprint density at radius 2 is 1.82 bits per heavy atom. The molecule has 1 N–H and O–H groups in total. The van der Waals surface area contributed by atoms with Gasteiger partial charge >= 0.3 is 6.18 Å². The first kappa shape index (κ1) is 14.4. The minimum Gasteiger partial charge on any atom is -0.310 e. The summed E-state index contributed by atoms with van der Waals surface area (Å²) >= 11 is 1.14. The number of rotatable bonds is 4. The van der Waals surface area contributed by atoms with Crippen LogP contribution in [0.3, 0.4) is 0 Å². The maximum atomic E-state index is 12.8. The average molecular weight is 266 g/mol. The molecule has 0 radical (unpaired) electrons. The Labute approximate surface area is 103 Å². The average Bonchev–Trinajstić information content (AvgIpc) is 2.57. The molecule has 0 fully saturated rings. The number of aromatic nitrogens is 1. The second kappa shape index (κ2) is 5.35. The van der Waals surface area contributed by atoms with E-state index in [2.05, 4.69) is 10.3 Å². The van der Waals surface area contributed by atoms with Crippen molar-refractivity contribution in [2.24, 2.45) is 0 Å². The van der Waals surface area contributed by atoms with Gasteiger partial charge in [0.2, 0.25) is 0 Å². The molecule has 1 aromatic heterocycles. The molecule has 1 aromatic rings. The molecular formula is C11H17F3N2S. The molecule has 17 heavy (non-hydrogen) atoms. The van der Waals surface area contributed by atoms with Crippen LogP contribution in [0.1, 0.15) is 49.2 Å². The summed E-state index contributed by atoms with van der Waals surface area (Å²) in [6.45, 7) is 7.71. The predicted molar refractivity (Wildman–Crippen MR) is 63.2 cm³/mol. The van der Waals surface area contributed by atoms with Crippen LogP contribution in [-0.2, 0) is 12.7 Å². The van der Waals surface area contributed by atoms with Gasteiger partial charge in [0.1, 0.15) is 0 Å². The zero-order chi connectivity index (χ0) is 13.2. The molecule has 6 heteroatoms. The number of alkyl halides is 3. The first-order valence-electron chi connectivity index (χ1n) is 5.52. The molecule has 0 saturated carbocycles. The van der Waals surface area contributed by atoms with Crippen LogP contribution in [0.25, 0.3) is 0 Å². The van der Waals surface area contributed by atoms with Gasteiger partial charge in [-0.3, -0.25) is 0 Å². The molecule has 0 saturated heterocycles. The Kier molecular flexibility index (Phi) is 4.55. The molecule has 0 amide bonds. The monoisotopic (exact) mass is 266 g/mol. The molecular weight excluding hydrogens is 249 g/mol. The van der Waals surface area contributed by atoms with E-state index >= 15 is 0 Å². The van der Waals surface area contributed by atoms with E-state index in [9.17, 15) is 13.2 Å². The van der Waals surface area contributed by atoms with Crippen molar-refractivity contribution in [2.45, 2.75) is 52.4 Å². The van der Waals surface area contributed by atoms with Crippen LogP contribution in [0.15, 0.2) is 0 Å². The molecule has 0 unspecified atom stereocenters. The van der Waals surface area contributed by atoms with Gasteiger partial charge in [0.25, 0.3) is 0 Å². The van der Waals surface area contributed by atoms with Crippen molar-refractivity contribution in [2.75, 3.05) is 0 Å². The smallest absolute Gasteiger partial charge is 0.310 e. The van der Waals surface area contributed by atoms with Gasteiger partial charge in [-0.25, -0.2) is 4.98 Å². The number of hydrogen-bond acceptors (Lipinski definition) is 3. The highest BCUT2D eigenvalue weighted by atomic mass is 32.1. The van der Waals surface area contributed by atoms with E-state index in [1.165, 1.54) is 0 Å². The third-order valence-corrected chi connectivity index (χ3v) is 3.50. The van der Waals surface area contributed by atoms with Crippen LogP contribution in [0, 0.1) is 0 Å². The quantitative estimate of drug-likeness (QED) is 0.897. The Balaban J connectivity index is 3.00. The number of nitrogens with one attached hydrogen (secondary N) is 1.